The van der Waals surface area contributed by atoms with Gasteiger partial charge in [-0.15, -0.1) is 11.3 Å². The molecule has 0 unspecified atom stereocenters. The van der Waals surface area contributed by atoms with Gasteiger partial charge in [0, 0.05) is 29.2 Å². The number of benzene rings is 2. The van der Waals surface area contributed by atoms with Crippen LogP contribution in [0.5, 0.6) is 0 Å². The number of anilines is 3. The smallest absolute Gasteiger partial charge is 0.337 e. The third kappa shape index (κ3) is 5.86. The van der Waals surface area contributed by atoms with Crippen LogP contribution in [0, 0.1) is 0 Å². The maximum Gasteiger partial charge on any atom is 0.337 e. The summed E-state index contributed by atoms with van der Waals surface area (Å²) in [6, 6.07) is 14.2. The van der Waals surface area contributed by atoms with Crippen molar-refractivity contribution >= 4 is 63.7 Å². The van der Waals surface area contributed by atoms with Crippen LogP contribution in [0.1, 0.15) is 30.4 Å². The molecule has 0 spiro atoms. The molecule has 1 aliphatic rings. The molecule has 0 aliphatic carbocycles. The zero-order valence-corrected chi connectivity index (χ0v) is 20.1. The Bertz CT molecular complexity index is 1290. The van der Waals surface area contributed by atoms with Crippen molar-refractivity contribution in [1.29, 1.82) is 0 Å². The van der Waals surface area contributed by atoms with Gasteiger partial charge in [0.25, 0.3) is 17.7 Å². The summed E-state index contributed by atoms with van der Waals surface area (Å²) >= 11 is 7.00. The first-order valence-corrected chi connectivity index (χ1v) is 11.6. The molecule has 3 amide bonds. The Labute approximate surface area is 209 Å². The quantitative estimate of drug-likeness (QED) is 0.480. The first-order valence-electron chi connectivity index (χ1n) is 10.4. The molecule has 0 radical (unpaired) electrons. The van der Waals surface area contributed by atoms with E-state index in [-0.39, 0.29) is 29.3 Å². The lowest BCUT2D eigenvalue weighted by molar-refractivity contribution is -0.125. The molecule has 2 heterocycles. The van der Waals surface area contributed by atoms with Gasteiger partial charge >= 0.3 is 5.97 Å². The van der Waals surface area contributed by atoms with Gasteiger partial charge in [0.15, 0.2) is 0 Å². The molecule has 1 aromatic heterocycles. The largest absolute Gasteiger partial charge is 0.465 e. The molecule has 0 bridgehead atoms. The van der Waals surface area contributed by atoms with Gasteiger partial charge in [-0.2, -0.15) is 0 Å². The van der Waals surface area contributed by atoms with Crippen molar-refractivity contribution in [2.24, 2.45) is 0 Å². The summed E-state index contributed by atoms with van der Waals surface area (Å²) in [6.45, 7) is 0.948. The van der Waals surface area contributed by atoms with Crippen LogP contribution in [0.4, 0.5) is 17.1 Å². The zero-order chi connectivity index (χ0) is 24.9. The first kappa shape index (κ1) is 24.4. The fourth-order valence-electron chi connectivity index (χ4n) is 3.41. The number of nitrogens with zero attached hydrogens (tertiary/aromatic N) is 1. The molecule has 1 fully saturated rings. The van der Waals surface area contributed by atoms with Crippen molar-refractivity contribution in [1.82, 2.24) is 0 Å². The van der Waals surface area contributed by atoms with E-state index < -0.39 is 17.8 Å². The minimum absolute atomic E-state index is 0.0351. The molecule has 35 heavy (non-hydrogen) atoms. The van der Waals surface area contributed by atoms with Crippen LogP contribution >= 0.6 is 22.9 Å². The van der Waals surface area contributed by atoms with E-state index in [0.29, 0.717) is 33.7 Å². The lowest BCUT2D eigenvalue weighted by atomic mass is 10.1. The van der Waals surface area contributed by atoms with Crippen molar-refractivity contribution in [3.63, 3.8) is 0 Å². The molecule has 2 aromatic carbocycles. The number of rotatable bonds is 6. The van der Waals surface area contributed by atoms with Gasteiger partial charge in [0.1, 0.15) is 6.61 Å². The summed E-state index contributed by atoms with van der Waals surface area (Å²) in [5, 5.41) is 5.43. The van der Waals surface area contributed by atoms with Gasteiger partial charge < -0.3 is 25.0 Å². The maximum atomic E-state index is 13.0. The number of carbonyl (C=O) groups excluding carboxylic acids is 4. The van der Waals surface area contributed by atoms with E-state index in [1.54, 1.807) is 41.3 Å². The third-order valence-electron chi connectivity index (χ3n) is 5.09. The van der Waals surface area contributed by atoms with Gasteiger partial charge in [-0.25, -0.2) is 4.79 Å². The molecule has 0 atom stereocenters. The molecule has 11 heteroatoms. The van der Waals surface area contributed by atoms with Crippen LogP contribution < -0.4 is 15.5 Å². The maximum absolute atomic E-state index is 13.0. The second-order valence-corrected chi connectivity index (χ2v) is 9.16. The van der Waals surface area contributed by atoms with E-state index >= 15 is 0 Å². The normalized spacial score (nSPS) is 13.3. The van der Waals surface area contributed by atoms with Crippen molar-refractivity contribution in [3.05, 3.63) is 74.9 Å². The van der Waals surface area contributed by atoms with Crippen LogP contribution in [-0.4, -0.2) is 50.6 Å². The summed E-state index contributed by atoms with van der Waals surface area (Å²) in [5.74, 6) is -1.72. The number of amides is 3. The Morgan fingerprint density at radius 3 is 2.34 bits per heavy atom. The highest BCUT2D eigenvalue weighted by Crippen LogP contribution is 2.24. The molecular formula is C24H20ClN3O6S. The number of halogens is 1. The second-order valence-electron chi connectivity index (χ2n) is 7.45. The van der Waals surface area contributed by atoms with Crippen LogP contribution in [-0.2, 0) is 14.3 Å². The molecule has 1 saturated heterocycles. The third-order valence-corrected chi connectivity index (χ3v) is 6.32. The van der Waals surface area contributed by atoms with Gasteiger partial charge in [0.05, 0.1) is 28.5 Å². The minimum Gasteiger partial charge on any atom is -0.465 e. The lowest BCUT2D eigenvalue weighted by Crippen LogP contribution is -2.41. The van der Waals surface area contributed by atoms with Crippen molar-refractivity contribution in [3.8, 4) is 0 Å². The predicted octanol–water partition coefficient (Wildman–Crippen LogP) is 4.06. The number of carbonyl (C=O) groups is 4. The topological polar surface area (TPSA) is 114 Å². The highest BCUT2D eigenvalue weighted by Gasteiger charge is 2.20. The zero-order valence-electron chi connectivity index (χ0n) is 18.5. The second kappa shape index (κ2) is 10.7. The number of thiophene rings is 1. The molecule has 180 valence electrons. The van der Waals surface area contributed by atoms with Gasteiger partial charge in [-0.3, -0.25) is 14.4 Å². The average Bonchev–Trinajstić information content (AvgIpc) is 3.30. The highest BCUT2D eigenvalue weighted by molar-refractivity contribution is 7.18. The number of hydrogen-bond donors (Lipinski definition) is 2. The SMILES string of the molecule is COC(=O)c1cc(NC(=O)c2ccc(Cl)s2)cc(C(=O)Nc2ccc(N3CCOCC3=O)cc2)c1. The van der Waals surface area contributed by atoms with E-state index in [2.05, 4.69) is 10.6 Å². The summed E-state index contributed by atoms with van der Waals surface area (Å²) in [4.78, 5) is 51.6. The van der Waals surface area contributed by atoms with Crippen molar-refractivity contribution in [2.75, 3.05) is 42.4 Å². The summed E-state index contributed by atoms with van der Waals surface area (Å²) < 4.78 is 10.4. The van der Waals surface area contributed by atoms with Gasteiger partial charge in [-0.05, 0) is 54.6 Å². The minimum atomic E-state index is -0.658. The molecular weight excluding hydrogens is 494 g/mol. The highest BCUT2D eigenvalue weighted by atomic mass is 35.5. The van der Waals surface area contributed by atoms with Crippen LogP contribution in [0.25, 0.3) is 0 Å². The molecule has 4 rings (SSSR count). The van der Waals surface area contributed by atoms with Crippen LogP contribution in [0.3, 0.4) is 0 Å². The monoisotopic (exact) mass is 513 g/mol. The number of methoxy groups -OCH3 is 1. The Hall–Kier alpha value is -3.73. The number of morpholine rings is 1. The predicted molar refractivity (Wildman–Crippen MR) is 133 cm³/mol. The Balaban J connectivity index is 1.53. The Morgan fingerprint density at radius 1 is 0.971 bits per heavy atom. The lowest BCUT2D eigenvalue weighted by Gasteiger charge is -2.26. The van der Waals surface area contributed by atoms with Gasteiger partial charge in [-0.1, -0.05) is 11.6 Å². The number of hydrogen-bond acceptors (Lipinski definition) is 7. The molecule has 0 saturated carbocycles. The average molecular weight is 514 g/mol. The Morgan fingerprint density at radius 2 is 1.69 bits per heavy atom. The van der Waals surface area contributed by atoms with Crippen molar-refractivity contribution in [2.45, 2.75) is 0 Å². The van der Waals surface area contributed by atoms with E-state index in [1.807, 2.05) is 0 Å². The molecule has 3 aromatic rings. The summed E-state index contributed by atoms with van der Waals surface area (Å²) in [5.41, 5.74) is 1.67. The molecule has 9 nitrogen and oxygen atoms in total. The fraction of sp³-hybridized carbons (Fsp3) is 0.167. The first-order chi connectivity index (χ1) is 16.8. The Kier molecular flexibility index (Phi) is 7.45. The molecule has 1 aliphatic heterocycles. The van der Waals surface area contributed by atoms with E-state index in [0.717, 1.165) is 11.3 Å². The molecule has 2 N–H and O–H groups in total. The van der Waals surface area contributed by atoms with Gasteiger partial charge in [0.2, 0.25) is 0 Å². The van der Waals surface area contributed by atoms with E-state index in [1.165, 1.54) is 25.3 Å². The standard InChI is InChI=1S/C24H20ClN3O6S/c1-33-24(32)15-10-14(11-17(12-15)27-23(31)19-6-7-20(25)35-19)22(30)26-16-2-4-18(5-3-16)28-8-9-34-13-21(28)29/h2-7,10-12H,8-9,13H2,1H3,(H,26,30)(H,27,31). The fourth-order valence-corrected chi connectivity index (χ4v) is 4.35. The summed E-state index contributed by atoms with van der Waals surface area (Å²) in [6.07, 6.45) is 0. The number of ether oxygens (including phenoxy) is 2. The number of esters is 1. The summed E-state index contributed by atoms with van der Waals surface area (Å²) in [7, 11) is 1.22. The number of nitrogens with one attached hydrogen (secondary N) is 2. The van der Waals surface area contributed by atoms with Crippen LogP contribution in [0.2, 0.25) is 4.34 Å². The van der Waals surface area contributed by atoms with Crippen LogP contribution in [0.15, 0.2) is 54.6 Å². The van der Waals surface area contributed by atoms with E-state index in [4.69, 9.17) is 21.1 Å². The van der Waals surface area contributed by atoms with Crippen molar-refractivity contribution < 1.29 is 28.7 Å². The van der Waals surface area contributed by atoms with E-state index in [9.17, 15) is 19.2 Å².